The molecule has 152 valence electrons. The van der Waals surface area contributed by atoms with Crippen molar-refractivity contribution in [1.29, 1.82) is 0 Å². The third-order valence-electron chi connectivity index (χ3n) is 6.74. The molecule has 30 heavy (non-hydrogen) atoms. The van der Waals surface area contributed by atoms with Crippen LogP contribution in [0.15, 0.2) is 36.7 Å². The molecular weight excluding hydrogens is 383 g/mol. The predicted octanol–water partition coefficient (Wildman–Crippen LogP) is 3.50. The predicted molar refractivity (Wildman–Crippen MR) is 113 cm³/mol. The summed E-state index contributed by atoms with van der Waals surface area (Å²) in [5.41, 5.74) is 2.20. The van der Waals surface area contributed by atoms with Gasteiger partial charge in [0.05, 0.1) is 23.8 Å². The van der Waals surface area contributed by atoms with E-state index in [0.717, 1.165) is 22.2 Å². The summed E-state index contributed by atoms with van der Waals surface area (Å²) in [7, 11) is 1.73. The van der Waals surface area contributed by atoms with Crippen molar-refractivity contribution in [3.05, 3.63) is 42.2 Å². The molecule has 2 bridgehead atoms. The maximum Gasteiger partial charge on any atom is 0.246 e. The molecule has 1 aromatic carbocycles. The molecule has 0 unspecified atom stereocenters. The quantitative estimate of drug-likeness (QED) is 0.720. The number of likely N-dealkylation sites (N-methyl/N-ethyl adjacent to an activating group) is 1. The first-order valence-corrected chi connectivity index (χ1v) is 10.1. The molecule has 1 aliphatic heterocycles. The molecule has 0 atom stereocenters. The summed E-state index contributed by atoms with van der Waals surface area (Å²) >= 11 is 0. The number of carbonyl (C=O) groups excluding carboxylic acids is 1. The Kier molecular flexibility index (Phi) is 3.31. The van der Waals surface area contributed by atoms with E-state index >= 15 is 0 Å². The normalized spacial score (nSPS) is 26.8. The van der Waals surface area contributed by atoms with Gasteiger partial charge < -0.3 is 15.1 Å². The third-order valence-corrected chi connectivity index (χ3v) is 6.74. The number of pyridine rings is 1. The molecule has 3 saturated carbocycles. The molecule has 7 nitrogen and oxygen atoms in total. The van der Waals surface area contributed by atoms with Crippen molar-refractivity contribution in [3.8, 4) is 0 Å². The Morgan fingerprint density at radius 2 is 2.00 bits per heavy atom. The van der Waals surface area contributed by atoms with E-state index in [9.17, 15) is 9.18 Å². The molecule has 3 fully saturated rings. The molecule has 4 aliphatic rings. The van der Waals surface area contributed by atoms with Crippen LogP contribution in [0.1, 0.15) is 24.8 Å². The molecule has 1 N–H and O–H groups in total. The summed E-state index contributed by atoms with van der Waals surface area (Å²) in [5, 5.41) is 4.34. The van der Waals surface area contributed by atoms with E-state index in [1.54, 1.807) is 24.3 Å². The number of anilines is 4. The van der Waals surface area contributed by atoms with Gasteiger partial charge in [-0.05, 0) is 30.7 Å². The van der Waals surface area contributed by atoms with Crippen molar-refractivity contribution in [3.63, 3.8) is 0 Å². The summed E-state index contributed by atoms with van der Waals surface area (Å²) in [6.45, 7) is 2.23. The van der Waals surface area contributed by atoms with E-state index in [1.807, 2.05) is 36.1 Å². The highest BCUT2D eigenvalue weighted by atomic mass is 19.1. The van der Waals surface area contributed by atoms with Gasteiger partial charge in [-0.1, -0.05) is 6.07 Å². The Morgan fingerprint density at radius 3 is 2.77 bits per heavy atom. The second kappa shape index (κ2) is 5.65. The minimum absolute atomic E-state index is 0.0256. The van der Waals surface area contributed by atoms with Gasteiger partial charge in [-0.3, -0.25) is 9.78 Å². The zero-order valence-corrected chi connectivity index (χ0v) is 16.8. The molecule has 3 aliphatic carbocycles. The topological polar surface area (TPSA) is 74.2 Å². The number of fused-ring (bicyclic) bond motifs is 2. The Labute approximate surface area is 172 Å². The average molecular weight is 404 g/mol. The molecular formula is C22H21FN6O. The van der Waals surface area contributed by atoms with Gasteiger partial charge in [0.25, 0.3) is 0 Å². The van der Waals surface area contributed by atoms with E-state index < -0.39 is 5.67 Å². The summed E-state index contributed by atoms with van der Waals surface area (Å²) in [5.74, 6) is 1.12. The average Bonchev–Trinajstić information content (AvgIpc) is 2.68. The standard InChI is InChI=1S/C22H21FN6O/c1-13-6-16-14(4-3-5-24-16)7-15(13)26-20-25-8-17-19(27-20)29(9-18(30)28(17)2)22-10-21(23,11-22)12-22/h3-8H,9-12H2,1-2H3,(H,25,26,27). The molecule has 8 heteroatoms. The van der Waals surface area contributed by atoms with E-state index in [2.05, 4.69) is 15.3 Å². The van der Waals surface area contributed by atoms with Crippen LogP contribution >= 0.6 is 0 Å². The van der Waals surface area contributed by atoms with Gasteiger partial charge in [0.2, 0.25) is 11.9 Å². The number of aromatic nitrogens is 3. The molecule has 1 amide bonds. The van der Waals surface area contributed by atoms with Gasteiger partial charge in [-0.2, -0.15) is 4.98 Å². The lowest BCUT2D eigenvalue weighted by Crippen LogP contribution is -2.78. The number of halogens is 1. The number of hydrogen-bond donors (Lipinski definition) is 1. The molecule has 3 heterocycles. The number of rotatable bonds is 3. The van der Waals surface area contributed by atoms with Crippen LogP contribution in [0.25, 0.3) is 10.9 Å². The Bertz CT molecular complexity index is 1210. The van der Waals surface area contributed by atoms with Crippen LogP contribution in [0, 0.1) is 6.92 Å². The fraction of sp³-hybridized carbons (Fsp3) is 0.364. The molecule has 3 aromatic rings. The van der Waals surface area contributed by atoms with Crippen molar-refractivity contribution in [2.24, 2.45) is 0 Å². The van der Waals surface area contributed by atoms with Gasteiger partial charge in [-0.15, -0.1) is 0 Å². The fourth-order valence-electron chi connectivity index (χ4n) is 5.08. The number of aryl methyl sites for hydroxylation is 1. The Hall–Kier alpha value is -3.29. The van der Waals surface area contributed by atoms with Crippen molar-refractivity contribution < 1.29 is 9.18 Å². The summed E-state index contributed by atoms with van der Waals surface area (Å²) in [6, 6.07) is 7.97. The number of alkyl halides is 1. The lowest BCUT2D eigenvalue weighted by Gasteiger charge is -2.70. The molecule has 0 spiro atoms. The molecule has 0 saturated heterocycles. The van der Waals surface area contributed by atoms with Gasteiger partial charge in [0.15, 0.2) is 5.82 Å². The first-order chi connectivity index (χ1) is 14.4. The first-order valence-electron chi connectivity index (χ1n) is 10.1. The van der Waals surface area contributed by atoms with Crippen LogP contribution in [0.3, 0.4) is 0 Å². The lowest BCUT2D eigenvalue weighted by molar-refractivity contribution is -0.155. The monoisotopic (exact) mass is 404 g/mol. The highest BCUT2D eigenvalue weighted by Gasteiger charge is 2.72. The number of hydrogen-bond acceptors (Lipinski definition) is 6. The maximum atomic E-state index is 14.2. The largest absolute Gasteiger partial charge is 0.339 e. The van der Waals surface area contributed by atoms with Crippen LogP contribution < -0.4 is 15.1 Å². The van der Waals surface area contributed by atoms with Crippen molar-refractivity contribution in [2.45, 2.75) is 37.4 Å². The second-order valence-electron chi connectivity index (χ2n) is 8.84. The molecule has 7 rings (SSSR count). The number of nitrogens with zero attached hydrogens (tertiary/aromatic N) is 5. The Balaban J connectivity index is 1.38. The van der Waals surface area contributed by atoms with E-state index in [1.165, 1.54) is 0 Å². The molecule has 2 aromatic heterocycles. The maximum absolute atomic E-state index is 14.2. The van der Waals surface area contributed by atoms with E-state index in [0.29, 0.717) is 36.7 Å². The van der Waals surface area contributed by atoms with Crippen LogP contribution in [-0.4, -0.2) is 45.7 Å². The minimum atomic E-state index is -1.04. The van der Waals surface area contributed by atoms with Gasteiger partial charge in [0, 0.05) is 43.6 Å². The van der Waals surface area contributed by atoms with Gasteiger partial charge >= 0.3 is 0 Å². The van der Waals surface area contributed by atoms with Crippen molar-refractivity contribution in [1.82, 2.24) is 15.0 Å². The SMILES string of the molecule is Cc1cc2ncccc2cc1Nc1ncc2c(n1)N(C13CC(F)(C1)C3)CC(=O)N2C. The number of amides is 1. The summed E-state index contributed by atoms with van der Waals surface area (Å²) in [6.07, 6.45) is 4.86. The highest BCUT2D eigenvalue weighted by molar-refractivity contribution is 6.02. The summed E-state index contributed by atoms with van der Waals surface area (Å²) in [4.78, 5) is 29.7. The van der Waals surface area contributed by atoms with E-state index in [-0.39, 0.29) is 18.0 Å². The van der Waals surface area contributed by atoms with E-state index in [4.69, 9.17) is 4.98 Å². The van der Waals surface area contributed by atoms with Crippen molar-refractivity contribution in [2.75, 3.05) is 28.7 Å². The number of carbonyl (C=O) groups is 1. The van der Waals surface area contributed by atoms with Crippen LogP contribution in [0.5, 0.6) is 0 Å². The zero-order chi connectivity index (χ0) is 20.7. The fourth-order valence-corrected chi connectivity index (χ4v) is 5.08. The lowest BCUT2D eigenvalue weighted by atomic mass is 9.46. The zero-order valence-electron chi connectivity index (χ0n) is 16.8. The molecule has 0 radical (unpaired) electrons. The smallest absolute Gasteiger partial charge is 0.246 e. The van der Waals surface area contributed by atoms with Crippen LogP contribution in [0.2, 0.25) is 0 Å². The Morgan fingerprint density at radius 1 is 1.20 bits per heavy atom. The van der Waals surface area contributed by atoms with Crippen LogP contribution in [0.4, 0.5) is 27.5 Å². The minimum Gasteiger partial charge on any atom is -0.339 e. The van der Waals surface area contributed by atoms with Gasteiger partial charge in [0.1, 0.15) is 11.4 Å². The van der Waals surface area contributed by atoms with Gasteiger partial charge in [-0.25, -0.2) is 9.37 Å². The first kappa shape index (κ1) is 17.6. The second-order valence-corrected chi connectivity index (χ2v) is 8.84. The van der Waals surface area contributed by atoms with Crippen molar-refractivity contribution >= 4 is 40.0 Å². The number of nitrogens with one attached hydrogen (secondary N) is 1. The highest BCUT2D eigenvalue weighted by Crippen LogP contribution is 2.67. The summed E-state index contributed by atoms with van der Waals surface area (Å²) < 4.78 is 14.2. The van der Waals surface area contributed by atoms with Crippen LogP contribution in [-0.2, 0) is 4.79 Å². The third kappa shape index (κ3) is 2.36. The number of benzene rings is 1.